The molecule has 1 unspecified atom stereocenters. The summed E-state index contributed by atoms with van der Waals surface area (Å²) in [5.74, 6) is -0.585. The fraction of sp³-hybridized carbons (Fsp3) is 0.286. The van der Waals surface area contributed by atoms with Crippen LogP contribution in [0.5, 0.6) is 0 Å². The van der Waals surface area contributed by atoms with Crippen molar-refractivity contribution in [1.82, 2.24) is 20.0 Å². The van der Waals surface area contributed by atoms with Gasteiger partial charge in [0, 0.05) is 11.8 Å². The average Bonchev–Trinajstić information content (AvgIpc) is 3.38. The lowest BCUT2D eigenvalue weighted by Gasteiger charge is -2.22. The minimum Gasteiger partial charge on any atom is -0.461 e. The van der Waals surface area contributed by atoms with Crippen molar-refractivity contribution in [3.8, 4) is 17.3 Å². The number of carbonyl (C=O) groups excluding carboxylic acids is 2. The van der Waals surface area contributed by atoms with Gasteiger partial charge in [-0.05, 0) is 50.6 Å². The molecule has 13 heteroatoms. The van der Waals surface area contributed by atoms with E-state index in [-0.39, 0.29) is 30.3 Å². The summed E-state index contributed by atoms with van der Waals surface area (Å²) in [4.78, 5) is 29.3. The second-order valence-corrected chi connectivity index (χ2v) is 9.28. The van der Waals surface area contributed by atoms with Gasteiger partial charge < -0.3 is 14.2 Å². The molecular formula is C28H26F3N5O5. The van der Waals surface area contributed by atoms with Crippen molar-refractivity contribution in [2.24, 2.45) is 5.41 Å². The van der Waals surface area contributed by atoms with Crippen LogP contribution in [0.1, 0.15) is 49.5 Å². The molecule has 0 aliphatic carbocycles. The number of carbonyl (C=O) groups is 2. The van der Waals surface area contributed by atoms with E-state index in [2.05, 4.69) is 21.8 Å². The number of nitrogens with zero attached hydrogens (tertiary/aromatic N) is 5. The van der Waals surface area contributed by atoms with E-state index in [9.17, 15) is 28.0 Å². The van der Waals surface area contributed by atoms with Gasteiger partial charge in [-0.25, -0.2) is 4.79 Å². The van der Waals surface area contributed by atoms with E-state index in [1.807, 2.05) is 6.07 Å². The molecule has 0 aliphatic heterocycles. The van der Waals surface area contributed by atoms with Crippen LogP contribution in [0.2, 0.25) is 0 Å². The first-order chi connectivity index (χ1) is 19.3. The number of ether oxygens (including phenoxy) is 3. The summed E-state index contributed by atoms with van der Waals surface area (Å²) in [6.07, 6.45) is -1.16. The normalized spacial score (nSPS) is 12.4. The van der Waals surface area contributed by atoms with E-state index in [1.165, 1.54) is 32.9 Å². The molecule has 214 valence electrons. The quantitative estimate of drug-likeness (QED) is 0.219. The molecule has 0 N–H and O–H groups in total. The maximum Gasteiger partial charge on any atom is 0.510 e. The van der Waals surface area contributed by atoms with Crippen LogP contribution < -0.4 is 0 Å². The summed E-state index contributed by atoms with van der Waals surface area (Å²) in [5.41, 5.74) is -0.610. The number of aromatic nitrogens is 4. The zero-order valence-electron chi connectivity index (χ0n) is 22.4. The average molecular weight is 570 g/mol. The lowest BCUT2D eigenvalue weighted by molar-refractivity contribution is -0.155. The Bertz CT molecular complexity index is 1490. The van der Waals surface area contributed by atoms with Crippen LogP contribution in [0.3, 0.4) is 0 Å². The van der Waals surface area contributed by atoms with E-state index in [4.69, 9.17) is 14.2 Å². The van der Waals surface area contributed by atoms with Crippen LogP contribution in [0.4, 0.5) is 18.0 Å². The van der Waals surface area contributed by atoms with Gasteiger partial charge in [0.2, 0.25) is 6.23 Å². The number of rotatable bonds is 10. The van der Waals surface area contributed by atoms with E-state index in [0.717, 1.165) is 23.1 Å². The number of benzene rings is 1. The number of hydrogen-bond acceptors (Lipinski definition) is 9. The smallest absolute Gasteiger partial charge is 0.461 e. The lowest BCUT2D eigenvalue weighted by Crippen LogP contribution is -2.33. The first-order valence-electron chi connectivity index (χ1n) is 12.1. The van der Waals surface area contributed by atoms with Gasteiger partial charge >= 0.3 is 18.3 Å². The lowest BCUT2D eigenvalue weighted by atomic mass is 9.95. The van der Waals surface area contributed by atoms with Gasteiger partial charge in [0.15, 0.2) is 5.69 Å². The molecule has 10 nitrogen and oxygen atoms in total. The van der Waals surface area contributed by atoms with E-state index >= 15 is 0 Å². The third-order valence-corrected chi connectivity index (χ3v) is 5.48. The Morgan fingerprint density at radius 3 is 2.59 bits per heavy atom. The Kier molecular flexibility index (Phi) is 9.62. The first-order valence-corrected chi connectivity index (χ1v) is 12.1. The summed E-state index contributed by atoms with van der Waals surface area (Å²) < 4.78 is 54.2. The highest BCUT2D eigenvalue weighted by atomic mass is 19.4. The topological polar surface area (TPSA) is 129 Å². The van der Waals surface area contributed by atoms with Crippen molar-refractivity contribution in [1.29, 1.82) is 5.26 Å². The zero-order valence-corrected chi connectivity index (χ0v) is 22.4. The van der Waals surface area contributed by atoms with E-state index < -0.39 is 35.5 Å². The van der Waals surface area contributed by atoms with Crippen LogP contribution in [-0.4, -0.2) is 45.3 Å². The summed E-state index contributed by atoms with van der Waals surface area (Å²) in [7, 11) is 0. The molecule has 1 aromatic carbocycles. The van der Waals surface area contributed by atoms with Crippen LogP contribution >= 0.6 is 0 Å². The Morgan fingerprint density at radius 1 is 1.15 bits per heavy atom. The maximum absolute atomic E-state index is 13.0. The van der Waals surface area contributed by atoms with Crippen molar-refractivity contribution in [3.63, 3.8) is 0 Å². The minimum absolute atomic E-state index is 0.0184. The Morgan fingerprint density at radius 2 is 1.90 bits per heavy atom. The van der Waals surface area contributed by atoms with Crippen molar-refractivity contribution in [2.45, 2.75) is 33.2 Å². The fourth-order valence-electron chi connectivity index (χ4n) is 3.29. The molecule has 2 heterocycles. The third-order valence-electron chi connectivity index (χ3n) is 5.48. The summed E-state index contributed by atoms with van der Waals surface area (Å²) in [5, 5.41) is 18.0. The number of pyridine rings is 1. The van der Waals surface area contributed by atoms with Gasteiger partial charge in [-0.1, -0.05) is 36.9 Å². The standard InChI is InChI=1S/C28H26F3N5O5/c1-5-13-39-25(37)27(3,4)17-40-26(38)41-18(2)36-34-23(16-32)24(35-36)20-8-6-7-19(14-20)9-10-22-15-21(11-12-33-22)28(29,30)31/h5-12,14-15,18H,1,13,17H2,2-4H3/b10-9+. The van der Waals surface area contributed by atoms with Crippen molar-refractivity contribution < 1.29 is 37.0 Å². The highest BCUT2D eigenvalue weighted by molar-refractivity contribution is 5.76. The first kappa shape index (κ1) is 30.6. The Balaban J connectivity index is 1.71. The second-order valence-electron chi connectivity index (χ2n) is 9.28. The molecule has 3 aromatic rings. The van der Waals surface area contributed by atoms with E-state index in [1.54, 1.807) is 30.3 Å². The molecule has 41 heavy (non-hydrogen) atoms. The Hall–Kier alpha value is -4.99. The van der Waals surface area contributed by atoms with Crippen molar-refractivity contribution >= 4 is 24.3 Å². The summed E-state index contributed by atoms with van der Waals surface area (Å²) in [6, 6.07) is 10.5. The number of nitriles is 1. The number of hydrogen-bond donors (Lipinski definition) is 0. The molecule has 0 bridgehead atoms. The van der Waals surface area contributed by atoms with Crippen molar-refractivity contribution in [2.75, 3.05) is 13.2 Å². The van der Waals surface area contributed by atoms with Crippen LogP contribution in [-0.2, 0) is 25.2 Å². The predicted molar refractivity (Wildman–Crippen MR) is 140 cm³/mol. The van der Waals surface area contributed by atoms with Gasteiger partial charge in [-0.15, -0.1) is 15.0 Å². The van der Waals surface area contributed by atoms with Crippen LogP contribution in [0, 0.1) is 16.7 Å². The molecule has 0 amide bonds. The van der Waals surface area contributed by atoms with E-state index in [0.29, 0.717) is 11.1 Å². The maximum atomic E-state index is 13.0. The molecule has 0 radical (unpaired) electrons. The SMILES string of the molecule is C=CCOC(=O)C(C)(C)COC(=O)OC(C)n1nc(C#N)c(-c2cccc(/C=C/c3cc(C(F)(F)F)ccn3)c2)n1. The van der Waals surface area contributed by atoms with Crippen LogP contribution in [0.25, 0.3) is 23.4 Å². The fourth-order valence-corrected chi connectivity index (χ4v) is 3.29. The van der Waals surface area contributed by atoms with Crippen molar-refractivity contribution in [3.05, 3.63) is 77.8 Å². The molecule has 0 fully saturated rings. The molecule has 0 aliphatic rings. The largest absolute Gasteiger partial charge is 0.510 e. The third kappa shape index (κ3) is 8.25. The van der Waals surface area contributed by atoms with Gasteiger partial charge in [-0.3, -0.25) is 9.78 Å². The van der Waals surface area contributed by atoms with Gasteiger partial charge in [0.1, 0.15) is 25.0 Å². The molecule has 3 rings (SSSR count). The summed E-state index contributed by atoms with van der Waals surface area (Å²) >= 11 is 0. The van der Waals surface area contributed by atoms with Crippen LogP contribution in [0.15, 0.2) is 55.3 Å². The number of halogens is 3. The zero-order chi connectivity index (χ0) is 30.2. The Labute approximate surface area is 233 Å². The van der Waals surface area contributed by atoms with Gasteiger partial charge in [0.25, 0.3) is 0 Å². The molecule has 0 saturated heterocycles. The highest BCUT2D eigenvalue weighted by Gasteiger charge is 2.32. The second kappa shape index (κ2) is 12.9. The molecular weight excluding hydrogens is 543 g/mol. The summed E-state index contributed by atoms with van der Waals surface area (Å²) in [6.45, 7) is 7.70. The molecule has 1 atom stereocenters. The predicted octanol–water partition coefficient (Wildman–Crippen LogP) is 5.83. The minimum atomic E-state index is -4.49. The molecule has 0 saturated carbocycles. The molecule has 0 spiro atoms. The highest BCUT2D eigenvalue weighted by Crippen LogP contribution is 2.29. The van der Waals surface area contributed by atoms with Gasteiger partial charge in [-0.2, -0.15) is 18.4 Å². The number of esters is 1. The monoisotopic (exact) mass is 569 g/mol. The molecule has 2 aromatic heterocycles. The number of alkyl halides is 3. The van der Waals surface area contributed by atoms with Gasteiger partial charge in [0.05, 0.1) is 16.7 Å².